The predicted molar refractivity (Wildman–Crippen MR) is 50.3 cm³/mol. The van der Waals surface area contributed by atoms with Gasteiger partial charge in [-0.2, -0.15) is 0 Å². The Morgan fingerprint density at radius 1 is 1.33 bits per heavy atom. The Kier molecular flexibility index (Phi) is 6.87. The molecule has 0 aromatic carbocycles. The van der Waals surface area contributed by atoms with Crippen molar-refractivity contribution in [3.8, 4) is 0 Å². The summed E-state index contributed by atoms with van der Waals surface area (Å²) in [5.41, 5.74) is 0. The summed E-state index contributed by atoms with van der Waals surface area (Å²) < 4.78 is 38.3. The SMILES string of the molecule is CC(C)CC(CO)NCCOC(F)(F)F. The van der Waals surface area contributed by atoms with Crippen molar-refractivity contribution >= 4 is 0 Å². The average molecular weight is 229 g/mol. The van der Waals surface area contributed by atoms with Gasteiger partial charge in [-0.3, -0.25) is 4.74 Å². The van der Waals surface area contributed by atoms with Gasteiger partial charge in [0.2, 0.25) is 0 Å². The molecule has 0 rings (SSSR count). The van der Waals surface area contributed by atoms with E-state index in [9.17, 15) is 13.2 Å². The fourth-order valence-electron chi connectivity index (χ4n) is 1.22. The third kappa shape index (κ3) is 9.96. The lowest BCUT2D eigenvalue weighted by molar-refractivity contribution is -0.323. The molecule has 2 N–H and O–H groups in total. The molecular weight excluding hydrogens is 211 g/mol. The van der Waals surface area contributed by atoms with Crippen molar-refractivity contribution in [3.63, 3.8) is 0 Å². The summed E-state index contributed by atoms with van der Waals surface area (Å²) in [6.07, 6.45) is -3.85. The van der Waals surface area contributed by atoms with E-state index in [4.69, 9.17) is 5.11 Å². The average Bonchev–Trinajstić information content (AvgIpc) is 2.08. The van der Waals surface area contributed by atoms with E-state index >= 15 is 0 Å². The summed E-state index contributed by atoms with van der Waals surface area (Å²) >= 11 is 0. The van der Waals surface area contributed by atoms with Crippen LogP contribution in [0.3, 0.4) is 0 Å². The van der Waals surface area contributed by atoms with Crippen LogP contribution >= 0.6 is 0 Å². The van der Waals surface area contributed by atoms with Crippen LogP contribution < -0.4 is 5.32 Å². The number of ether oxygens (including phenoxy) is 1. The maximum absolute atomic E-state index is 11.6. The molecule has 0 aliphatic carbocycles. The minimum absolute atomic E-state index is 0.0792. The number of aliphatic hydroxyl groups excluding tert-OH is 1. The molecule has 1 unspecified atom stereocenters. The van der Waals surface area contributed by atoms with E-state index < -0.39 is 13.0 Å². The second kappa shape index (κ2) is 7.03. The molecular formula is C9H18F3NO2. The Bertz CT molecular complexity index is 162. The monoisotopic (exact) mass is 229 g/mol. The molecule has 0 aliphatic rings. The van der Waals surface area contributed by atoms with Crippen LogP contribution in [0.25, 0.3) is 0 Å². The van der Waals surface area contributed by atoms with E-state index in [2.05, 4.69) is 10.1 Å². The fourth-order valence-corrected chi connectivity index (χ4v) is 1.22. The molecule has 0 spiro atoms. The van der Waals surface area contributed by atoms with Crippen molar-refractivity contribution < 1.29 is 23.0 Å². The van der Waals surface area contributed by atoms with Crippen LogP contribution in [0, 0.1) is 5.92 Å². The molecule has 0 bridgehead atoms. The van der Waals surface area contributed by atoms with E-state index in [1.807, 2.05) is 13.8 Å². The van der Waals surface area contributed by atoms with Gasteiger partial charge in [-0.25, -0.2) is 0 Å². The molecule has 3 nitrogen and oxygen atoms in total. The summed E-state index contributed by atoms with van der Waals surface area (Å²) in [6, 6.07) is -0.165. The van der Waals surface area contributed by atoms with Crippen LogP contribution in [0.2, 0.25) is 0 Å². The first-order chi connectivity index (χ1) is 6.85. The summed E-state index contributed by atoms with van der Waals surface area (Å²) in [5.74, 6) is 0.387. The van der Waals surface area contributed by atoms with Crippen LogP contribution in [-0.4, -0.2) is 37.3 Å². The molecule has 0 heterocycles. The topological polar surface area (TPSA) is 41.5 Å². The number of hydrogen-bond acceptors (Lipinski definition) is 3. The van der Waals surface area contributed by atoms with Crippen LogP contribution in [0.5, 0.6) is 0 Å². The van der Waals surface area contributed by atoms with Crippen molar-refractivity contribution in [1.29, 1.82) is 0 Å². The first-order valence-electron chi connectivity index (χ1n) is 4.90. The highest BCUT2D eigenvalue weighted by atomic mass is 19.4. The Hall–Kier alpha value is -0.330. The van der Waals surface area contributed by atoms with Gasteiger partial charge in [-0.1, -0.05) is 13.8 Å². The van der Waals surface area contributed by atoms with Gasteiger partial charge in [0.1, 0.15) is 0 Å². The standard InChI is InChI=1S/C9H18F3NO2/c1-7(2)5-8(6-14)13-3-4-15-9(10,11)12/h7-8,13-14H,3-6H2,1-2H3. The summed E-state index contributed by atoms with van der Waals surface area (Å²) in [7, 11) is 0. The molecule has 0 aromatic rings. The second-order valence-corrected chi connectivity index (χ2v) is 3.76. The Morgan fingerprint density at radius 3 is 2.33 bits per heavy atom. The van der Waals surface area contributed by atoms with Crippen molar-refractivity contribution in [1.82, 2.24) is 5.32 Å². The zero-order valence-corrected chi connectivity index (χ0v) is 8.97. The minimum atomic E-state index is -4.57. The van der Waals surface area contributed by atoms with Gasteiger partial charge in [-0.15, -0.1) is 13.2 Å². The predicted octanol–water partition coefficient (Wildman–Crippen LogP) is 1.52. The van der Waals surface area contributed by atoms with Gasteiger partial charge >= 0.3 is 6.36 Å². The van der Waals surface area contributed by atoms with Gasteiger partial charge in [-0.05, 0) is 12.3 Å². The number of rotatable bonds is 7. The summed E-state index contributed by atoms with van der Waals surface area (Å²) in [5, 5.41) is 11.7. The molecule has 0 radical (unpaired) electrons. The first-order valence-corrected chi connectivity index (χ1v) is 4.90. The van der Waals surface area contributed by atoms with Crippen molar-refractivity contribution in [2.45, 2.75) is 32.7 Å². The van der Waals surface area contributed by atoms with E-state index in [1.165, 1.54) is 0 Å². The van der Waals surface area contributed by atoms with Crippen molar-refractivity contribution in [2.75, 3.05) is 19.8 Å². The maximum Gasteiger partial charge on any atom is 0.522 e. The Labute approximate surface area is 87.6 Å². The van der Waals surface area contributed by atoms with Crippen molar-refractivity contribution in [2.24, 2.45) is 5.92 Å². The number of alkyl halides is 3. The lowest BCUT2D eigenvalue weighted by Crippen LogP contribution is -2.36. The Morgan fingerprint density at radius 2 is 1.93 bits per heavy atom. The van der Waals surface area contributed by atoms with Crippen LogP contribution in [-0.2, 0) is 4.74 Å². The summed E-state index contributed by atoms with van der Waals surface area (Å²) in [6.45, 7) is 3.53. The lowest BCUT2D eigenvalue weighted by atomic mass is 10.0. The molecule has 0 aromatic heterocycles. The molecule has 15 heavy (non-hydrogen) atoms. The highest BCUT2D eigenvalue weighted by Gasteiger charge is 2.28. The number of nitrogens with one attached hydrogen (secondary N) is 1. The van der Waals surface area contributed by atoms with Gasteiger partial charge < -0.3 is 10.4 Å². The van der Waals surface area contributed by atoms with Crippen LogP contribution in [0.1, 0.15) is 20.3 Å². The third-order valence-electron chi connectivity index (χ3n) is 1.78. The molecule has 0 saturated heterocycles. The second-order valence-electron chi connectivity index (χ2n) is 3.76. The summed E-state index contributed by atoms with van der Waals surface area (Å²) in [4.78, 5) is 0. The normalized spacial score (nSPS) is 14.6. The number of aliphatic hydroxyl groups is 1. The third-order valence-corrected chi connectivity index (χ3v) is 1.78. The van der Waals surface area contributed by atoms with Crippen LogP contribution in [0.15, 0.2) is 0 Å². The van der Waals surface area contributed by atoms with E-state index in [0.717, 1.165) is 6.42 Å². The van der Waals surface area contributed by atoms with Gasteiger partial charge in [0.25, 0.3) is 0 Å². The number of halogens is 3. The van der Waals surface area contributed by atoms with E-state index in [1.54, 1.807) is 0 Å². The molecule has 1 atom stereocenters. The first kappa shape index (κ1) is 14.7. The quantitative estimate of drug-likeness (QED) is 0.650. The van der Waals surface area contributed by atoms with E-state index in [0.29, 0.717) is 5.92 Å². The van der Waals surface area contributed by atoms with Gasteiger partial charge in [0.15, 0.2) is 0 Å². The highest BCUT2D eigenvalue weighted by molar-refractivity contribution is 4.66. The zero-order valence-electron chi connectivity index (χ0n) is 8.97. The van der Waals surface area contributed by atoms with Crippen LogP contribution in [0.4, 0.5) is 13.2 Å². The largest absolute Gasteiger partial charge is 0.522 e. The van der Waals surface area contributed by atoms with E-state index in [-0.39, 0.29) is 19.2 Å². The van der Waals surface area contributed by atoms with Gasteiger partial charge in [0.05, 0.1) is 13.2 Å². The molecule has 6 heteroatoms. The molecule has 0 saturated carbocycles. The zero-order chi connectivity index (χ0) is 11.9. The minimum Gasteiger partial charge on any atom is -0.395 e. The molecule has 0 amide bonds. The van der Waals surface area contributed by atoms with Crippen molar-refractivity contribution in [3.05, 3.63) is 0 Å². The highest BCUT2D eigenvalue weighted by Crippen LogP contribution is 2.15. The van der Waals surface area contributed by atoms with Gasteiger partial charge in [0, 0.05) is 12.6 Å². The molecule has 92 valence electrons. The fraction of sp³-hybridized carbons (Fsp3) is 1.00. The Balaban J connectivity index is 3.55. The number of hydrogen-bond donors (Lipinski definition) is 2. The maximum atomic E-state index is 11.6. The smallest absolute Gasteiger partial charge is 0.395 e. The molecule has 0 aliphatic heterocycles. The molecule has 0 fully saturated rings. The lowest BCUT2D eigenvalue weighted by Gasteiger charge is -2.18.